The molecule has 0 aliphatic carbocycles. The van der Waals surface area contributed by atoms with Crippen LogP contribution in [0.25, 0.3) is 0 Å². The first-order valence-corrected chi connectivity index (χ1v) is 18.5. The van der Waals surface area contributed by atoms with E-state index in [0.29, 0.717) is 6.42 Å². The van der Waals surface area contributed by atoms with Crippen LogP contribution in [0, 0.1) is 0 Å². The minimum absolute atomic E-state index is 0.0146. The first-order valence-electron chi connectivity index (χ1n) is 18.5. The van der Waals surface area contributed by atoms with E-state index in [1.165, 1.54) is 109 Å². The zero-order valence-corrected chi connectivity index (χ0v) is 29.4. The number of aliphatic hydroxyl groups is 3. The highest BCUT2D eigenvalue weighted by atomic mass is 16.4. The van der Waals surface area contributed by atoms with E-state index < -0.39 is 29.9 Å². The molecule has 0 aliphatic heterocycles. The molecule has 2 atom stereocenters. The molecule has 262 valence electrons. The second kappa shape index (κ2) is 32.6. The monoisotopic (exact) mass is 641 g/mol. The summed E-state index contributed by atoms with van der Waals surface area (Å²) in [5.41, 5.74) is -2.64. The maximum atomic E-state index is 12.8. The van der Waals surface area contributed by atoms with Crippen molar-refractivity contribution in [1.29, 1.82) is 0 Å². The van der Waals surface area contributed by atoms with Gasteiger partial charge in [-0.1, -0.05) is 196 Å². The third kappa shape index (κ3) is 23.9. The van der Waals surface area contributed by atoms with Gasteiger partial charge in [0.1, 0.15) is 6.10 Å². The summed E-state index contributed by atoms with van der Waals surface area (Å²) in [7, 11) is 0. The van der Waals surface area contributed by atoms with Crippen molar-refractivity contribution >= 4 is 11.6 Å². The van der Waals surface area contributed by atoms with Crippen LogP contribution in [0.3, 0.4) is 0 Å². The first-order chi connectivity index (χ1) is 22.4. The lowest BCUT2D eigenvalue weighted by Gasteiger charge is -2.28. The summed E-state index contributed by atoms with van der Waals surface area (Å²) >= 11 is 0. The molecule has 5 heteroatoms. The molecule has 0 saturated heterocycles. The van der Waals surface area contributed by atoms with Crippen LogP contribution >= 0.6 is 0 Å². The molecule has 3 N–H and O–H groups in total. The maximum absolute atomic E-state index is 12.8. The molecule has 0 spiro atoms. The van der Waals surface area contributed by atoms with Gasteiger partial charge < -0.3 is 15.3 Å². The second-order valence-corrected chi connectivity index (χ2v) is 12.5. The fourth-order valence-electron chi connectivity index (χ4n) is 5.29. The third-order valence-electron chi connectivity index (χ3n) is 8.32. The van der Waals surface area contributed by atoms with Crippen LogP contribution in [-0.2, 0) is 9.59 Å². The number of unbranched alkanes of at least 4 members (excludes halogenated alkanes) is 19. The number of rotatable bonds is 32. The molecule has 0 aromatic heterocycles. The van der Waals surface area contributed by atoms with Gasteiger partial charge in [0.15, 0.2) is 11.6 Å². The van der Waals surface area contributed by atoms with Crippen LogP contribution in [0.4, 0.5) is 0 Å². The number of hydrogen-bond donors (Lipinski definition) is 3. The summed E-state index contributed by atoms with van der Waals surface area (Å²) in [6, 6.07) is 0. The van der Waals surface area contributed by atoms with Gasteiger partial charge in [0.2, 0.25) is 5.60 Å². The first kappa shape index (κ1) is 43.7. The fourth-order valence-corrected chi connectivity index (χ4v) is 5.29. The van der Waals surface area contributed by atoms with Gasteiger partial charge in [0, 0.05) is 6.42 Å². The third-order valence-corrected chi connectivity index (χ3v) is 8.32. The molecule has 0 rings (SSSR count). The van der Waals surface area contributed by atoms with Gasteiger partial charge in [-0.3, -0.25) is 9.59 Å². The average molecular weight is 641 g/mol. The summed E-state index contributed by atoms with van der Waals surface area (Å²) in [6.45, 7) is 3.60. The van der Waals surface area contributed by atoms with Crippen molar-refractivity contribution in [3.8, 4) is 0 Å². The van der Waals surface area contributed by atoms with E-state index in [0.717, 1.165) is 31.8 Å². The standard InChI is InChI=1S/C41H68O5/c1-3-5-7-9-11-13-15-17-18-19-20-21-22-24-26-28-30-32-34-36-39(44)41(46,40(45)37-42)38(43)35-33-31-29-27-25-23-16-14-12-10-8-6-4-2/h18-22,24,26,28,30,32,34,36,40,42,45-46H,3-17,23,25,27,29,31,33,35,37H2,1-2H3. The lowest BCUT2D eigenvalue weighted by Crippen LogP contribution is -2.56. The summed E-state index contributed by atoms with van der Waals surface area (Å²) < 4.78 is 0. The largest absolute Gasteiger partial charge is 0.394 e. The maximum Gasteiger partial charge on any atom is 0.213 e. The second-order valence-electron chi connectivity index (χ2n) is 12.5. The predicted octanol–water partition coefficient (Wildman–Crippen LogP) is 10.2. The van der Waals surface area contributed by atoms with Crippen molar-refractivity contribution < 1.29 is 24.9 Å². The van der Waals surface area contributed by atoms with Crippen LogP contribution in [0.2, 0.25) is 0 Å². The number of allylic oxidation sites excluding steroid dienone is 11. The minimum atomic E-state index is -2.64. The van der Waals surface area contributed by atoms with Crippen molar-refractivity contribution in [3.05, 3.63) is 72.9 Å². The topological polar surface area (TPSA) is 94.8 Å². The molecule has 0 heterocycles. The summed E-state index contributed by atoms with van der Waals surface area (Å²) in [6.07, 6.45) is 45.2. The molecule has 46 heavy (non-hydrogen) atoms. The summed E-state index contributed by atoms with van der Waals surface area (Å²) in [5.74, 6) is -1.67. The Bertz CT molecular complexity index is 910. The van der Waals surface area contributed by atoms with Gasteiger partial charge in [-0.05, 0) is 25.3 Å². The molecule has 0 saturated carbocycles. The van der Waals surface area contributed by atoms with E-state index in [1.54, 1.807) is 18.2 Å². The Hall–Kier alpha value is -2.34. The Labute approximate surface area is 282 Å². The molecular weight excluding hydrogens is 572 g/mol. The molecule has 0 aromatic carbocycles. The summed E-state index contributed by atoms with van der Waals surface area (Å²) in [4.78, 5) is 25.5. The molecule has 5 nitrogen and oxygen atoms in total. The Kier molecular flexibility index (Phi) is 30.9. The van der Waals surface area contributed by atoms with Crippen molar-refractivity contribution in [2.75, 3.05) is 6.61 Å². The van der Waals surface area contributed by atoms with Crippen molar-refractivity contribution in [2.45, 2.75) is 167 Å². The van der Waals surface area contributed by atoms with Crippen molar-refractivity contribution in [3.63, 3.8) is 0 Å². The van der Waals surface area contributed by atoms with Gasteiger partial charge >= 0.3 is 0 Å². The van der Waals surface area contributed by atoms with Crippen LogP contribution in [0.5, 0.6) is 0 Å². The molecule has 0 amide bonds. The van der Waals surface area contributed by atoms with Crippen molar-refractivity contribution in [2.24, 2.45) is 0 Å². The molecule has 0 aromatic rings. The van der Waals surface area contributed by atoms with E-state index in [9.17, 15) is 24.9 Å². The van der Waals surface area contributed by atoms with Gasteiger partial charge in [-0.25, -0.2) is 0 Å². The van der Waals surface area contributed by atoms with Crippen LogP contribution in [0.1, 0.15) is 155 Å². The zero-order chi connectivity index (χ0) is 34.0. The molecule has 0 radical (unpaired) electrons. The Morgan fingerprint density at radius 3 is 1.35 bits per heavy atom. The van der Waals surface area contributed by atoms with E-state index in [-0.39, 0.29) is 6.42 Å². The van der Waals surface area contributed by atoms with Gasteiger partial charge in [-0.2, -0.15) is 0 Å². The number of aliphatic hydroxyl groups excluding tert-OH is 2. The fraction of sp³-hybridized carbons (Fsp3) is 0.659. The number of Topliss-reactive ketones (excluding diaryl/α,β-unsaturated/α-hetero) is 1. The highest BCUT2D eigenvalue weighted by Crippen LogP contribution is 2.20. The SMILES string of the molecule is CCCCCCCCCC=CC=CC=CC=CC=CC=CC(=O)C(O)(C(=O)CCCCCCCCCCCCCCC)C(O)CO. The van der Waals surface area contributed by atoms with E-state index >= 15 is 0 Å². The highest BCUT2D eigenvalue weighted by Gasteiger charge is 2.47. The molecule has 0 bridgehead atoms. The number of carbonyl (C=O) groups is 2. The Morgan fingerprint density at radius 2 is 0.913 bits per heavy atom. The molecule has 0 fully saturated rings. The van der Waals surface area contributed by atoms with Gasteiger partial charge in [0.05, 0.1) is 6.61 Å². The predicted molar refractivity (Wildman–Crippen MR) is 196 cm³/mol. The summed E-state index contributed by atoms with van der Waals surface area (Å²) in [5, 5.41) is 30.4. The van der Waals surface area contributed by atoms with Crippen LogP contribution < -0.4 is 0 Å². The highest BCUT2D eigenvalue weighted by molar-refractivity contribution is 6.15. The lowest BCUT2D eigenvalue weighted by molar-refractivity contribution is -0.163. The van der Waals surface area contributed by atoms with Crippen LogP contribution in [-0.4, -0.2) is 45.2 Å². The average Bonchev–Trinajstić information content (AvgIpc) is 3.06. The lowest BCUT2D eigenvalue weighted by atomic mass is 9.84. The normalized spacial score (nSPS) is 14.6. The number of hydrogen-bond acceptors (Lipinski definition) is 5. The minimum Gasteiger partial charge on any atom is -0.394 e. The van der Waals surface area contributed by atoms with E-state index in [1.807, 2.05) is 30.4 Å². The smallest absolute Gasteiger partial charge is 0.213 e. The van der Waals surface area contributed by atoms with Crippen LogP contribution in [0.15, 0.2) is 72.9 Å². The molecular formula is C41H68O5. The zero-order valence-electron chi connectivity index (χ0n) is 29.4. The van der Waals surface area contributed by atoms with E-state index in [4.69, 9.17) is 0 Å². The Morgan fingerprint density at radius 1 is 0.543 bits per heavy atom. The number of carbonyl (C=O) groups excluding carboxylic acids is 2. The quantitative estimate of drug-likeness (QED) is 0.0294. The Balaban J connectivity index is 4.32. The molecule has 2 unspecified atom stereocenters. The van der Waals surface area contributed by atoms with Gasteiger partial charge in [-0.15, -0.1) is 0 Å². The number of ketones is 2. The van der Waals surface area contributed by atoms with Crippen molar-refractivity contribution in [1.82, 2.24) is 0 Å². The van der Waals surface area contributed by atoms with E-state index in [2.05, 4.69) is 26.0 Å². The molecule has 0 aliphatic rings. The van der Waals surface area contributed by atoms with Gasteiger partial charge in [0.25, 0.3) is 0 Å².